The molecule has 0 radical (unpaired) electrons. The number of nitrogens with zero attached hydrogens (tertiary/aromatic N) is 4. The van der Waals surface area contributed by atoms with E-state index in [1.165, 1.54) is 46.9 Å². The zero-order valence-corrected chi connectivity index (χ0v) is 17.7. The van der Waals surface area contributed by atoms with Crippen molar-refractivity contribution in [1.82, 2.24) is 19.5 Å². The van der Waals surface area contributed by atoms with Crippen molar-refractivity contribution in [3.63, 3.8) is 0 Å². The quantitative estimate of drug-likeness (QED) is 0.164. The Morgan fingerprint density at radius 3 is 2.66 bits per heavy atom. The summed E-state index contributed by atoms with van der Waals surface area (Å²) in [5.74, 6) is 0.0837. The predicted octanol–water partition coefficient (Wildman–Crippen LogP) is 0.914. The average Bonchev–Trinajstić information content (AvgIpc) is 3.32. The van der Waals surface area contributed by atoms with Crippen LogP contribution in [0.15, 0.2) is 35.6 Å². The lowest BCUT2D eigenvalue weighted by atomic mass is 10.1. The van der Waals surface area contributed by atoms with Crippen molar-refractivity contribution in [3.05, 3.63) is 42.0 Å². The van der Waals surface area contributed by atoms with Gasteiger partial charge in [-0.15, -0.1) is 11.8 Å². The normalized spacial score (nSPS) is 23.1. The third-order valence-corrected chi connectivity index (χ3v) is 6.20. The average molecular weight is 463 g/mol. The van der Waals surface area contributed by atoms with E-state index in [0.717, 1.165) is 0 Å². The van der Waals surface area contributed by atoms with Crippen LogP contribution >= 0.6 is 11.8 Å². The van der Waals surface area contributed by atoms with Gasteiger partial charge in [-0.05, 0) is 30.7 Å². The van der Waals surface area contributed by atoms with Crippen LogP contribution in [0.1, 0.15) is 29.4 Å². The number of ether oxygens (including phenoxy) is 1. The zero-order valence-electron chi connectivity index (χ0n) is 16.8. The molecule has 32 heavy (non-hydrogen) atoms. The van der Waals surface area contributed by atoms with Gasteiger partial charge in [-0.1, -0.05) is 0 Å². The van der Waals surface area contributed by atoms with Gasteiger partial charge in [0.25, 0.3) is 0 Å². The highest BCUT2D eigenvalue weighted by Gasteiger charge is 2.44. The summed E-state index contributed by atoms with van der Waals surface area (Å²) in [5, 5.41) is 30.1. The lowest BCUT2D eigenvalue weighted by Crippen LogP contribution is -2.33. The third-order valence-electron chi connectivity index (χ3n) is 5.15. The van der Waals surface area contributed by atoms with E-state index >= 15 is 0 Å². The number of anilines is 1. The van der Waals surface area contributed by atoms with Crippen molar-refractivity contribution in [2.75, 3.05) is 18.1 Å². The number of fused-ring (bicyclic) bond motifs is 1. The van der Waals surface area contributed by atoms with E-state index in [1.807, 2.05) is 0 Å². The van der Waals surface area contributed by atoms with Gasteiger partial charge in [-0.25, -0.2) is 14.4 Å². The molecule has 0 amide bonds. The summed E-state index contributed by atoms with van der Waals surface area (Å²) < 4.78 is 20.0. The maximum atomic E-state index is 13.0. The van der Waals surface area contributed by atoms with Crippen molar-refractivity contribution >= 4 is 34.7 Å². The van der Waals surface area contributed by atoms with Crippen LogP contribution in [-0.2, 0) is 4.74 Å². The smallest absolute Gasteiger partial charge is 0.223 e. The first kappa shape index (κ1) is 22.6. The highest BCUT2D eigenvalue weighted by atomic mass is 32.2. The molecule has 1 fully saturated rings. The number of rotatable bonds is 8. The summed E-state index contributed by atoms with van der Waals surface area (Å²) >= 11 is 1.35. The van der Waals surface area contributed by atoms with E-state index in [9.17, 15) is 24.5 Å². The molecular weight excluding hydrogens is 441 g/mol. The van der Waals surface area contributed by atoms with Gasteiger partial charge >= 0.3 is 0 Å². The number of halogens is 1. The minimum Gasteiger partial charge on any atom is -0.394 e. The Kier molecular flexibility index (Phi) is 6.67. The molecule has 1 saturated heterocycles. The molecule has 0 saturated carbocycles. The maximum Gasteiger partial charge on any atom is 0.223 e. The molecule has 10 nitrogen and oxygen atoms in total. The molecule has 2 aromatic heterocycles. The molecule has 170 valence electrons. The molecule has 0 spiro atoms. The van der Waals surface area contributed by atoms with Crippen LogP contribution in [-0.4, -0.2) is 71.3 Å². The molecule has 12 heteroatoms. The number of ketones is 1. The molecule has 4 rings (SSSR count). The fraction of sp³-hybridized carbons (Fsp3) is 0.400. The topological polar surface area (TPSA) is 157 Å². The Morgan fingerprint density at radius 1 is 1.22 bits per heavy atom. The number of hydrogen-bond acceptors (Lipinski definition) is 10. The van der Waals surface area contributed by atoms with Crippen LogP contribution in [0.5, 0.6) is 0 Å². The van der Waals surface area contributed by atoms with Crippen molar-refractivity contribution in [3.8, 4) is 0 Å². The predicted molar refractivity (Wildman–Crippen MR) is 113 cm³/mol. The minimum absolute atomic E-state index is 0.00381. The number of nitrogen functional groups attached to an aromatic ring is 1. The fourth-order valence-electron chi connectivity index (χ4n) is 3.49. The number of hydrogen-bond donors (Lipinski definition) is 4. The van der Waals surface area contributed by atoms with Gasteiger partial charge < -0.3 is 25.8 Å². The summed E-state index contributed by atoms with van der Waals surface area (Å²) in [5.41, 5.74) is 7.07. The van der Waals surface area contributed by atoms with Gasteiger partial charge in [0.15, 0.2) is 17.7 Å². The number of aromatic nitrogens is 4. The molecule has 4 atom stereocenters. The van der Waals surface area contributed by atoms with Gasteiger partial charge in [0.05, 0.1) is 12.9 Å². The fourth-order valence-corrected chi connectivity index (χ4v) is 4.41. The number of nitrogens with two attached hydrogens (primary N) is 1. The maximum absolute atomic E-state index is 13.0. The van der Waals surface area contributed by atoms with Crippen LogP contribution in [0, 0.1) is 5.82 Å². The number of Topliss-reactive ketones (excluding diaryl/α,β-unsaturated/α-hetero) is 1. The Hall–Kier alpha value is -2.64. The largest absolute Gasteiger partial charge is 0.394 e. The molecule has 3 aromatic rings. The molecule has 1 aliphatic rings. The Bertz CT molecular complexity index is 1110. The van der Waals surface area contributed by atoms with Crippen LogP contribution in [0.2, 0.25) is 0 Å². The molecule has 0 aliphatic carbocycles. The zero-order chi connectivity index (χ0) is 22.8. The lowest BCUT2D eigenvalue weighted by Gasteiger charge is -2.16. The van der Waals surface area contributed by atoms with Crippen molar-refractivity contribution in [2.24, 2.45) is 0 Å². The van der Waals surface area contributed by atoms with Gasteiger partial charge in [0.2, 0.25) is 5.95 Å². The molecule has 5 N–H and O–H groups in total. The van der Waals surface area contributed by atoms with E-state index < -0.39 is 31.1 Å². The highest BCUT2D eigenvalue weighted by molar-refractivity contribution is 7.99. The first-order chi connectivity index (χ1) is 15.4. The minimum atomic E-state index is -1.28. The second-order valence-corrected chi connectivity index (χ2v) is 8.41. The van der Waals surface area contributed by atoms with E-state index in [2.05, 4.69) is 15.0 Å². The highest BCUT2D eigenvalue weighted by Crippen LogP contribution is 2.33. The van der Waals surface area contributed by atoms with Gasteiger partial charge in [0.1, 0.15) is 34.7 Å². The van der Waals surface area contributed by atoms with E-state index in [1.54, 1.807) is 0 Å². The molecular formula is C20H22FN5O5S. The van der Waals surface area contributed by atoms with Crippen molar-refractivity contribution in [1.29, 1.82) is 0 Å². The second kappa shape index (κ2) is 9.46. The Balaban J connectivity index is 1.45. The van der Waals surface area contributed by atoms with Crippen molar-refractivity contribution in [2.45, 2.75) is 42.4 Å². The number of carbonyl (C=O) groups excluding carboxylic acids is 1. The van der Waals surface area contributed by atoms with E-state index in [4.69, 9.17) is 10.5 Å². The number of benzene rings is 1. The van der Waals surface area contributed by atoms with E-state index in [0.29, 0.717) is 40.3 Å². The first-order valence-corrected chi connectivity index (χ1v) is 10.9. The number of imidazole rings is 1. The summed E-state index contributed by atoms with van der Waals surface area (Å²) in [7, 11) is 0. The summed E-state index contributed by atoms with van der Waals surface area (Å²) in [6.45, 7) is -0.448. The summed E-state index contributed by atoms with van der Waals surface area (Å²) in [6.07, 6.45) is -2.21. The van der Waals surface area contributed by atoms with Crippen molar-refractivity contribution < 1.29 is 29.2 Å². The lowest BCUT2D eigenvalue weighted by molar-refractivity contribution is -0.0511. The molecule has 0 bridgehead atoms. The molecule has 0 unspecified atom stereocenters. The number of thioether (sulfide) groups is 1. The van der Waals surface area contributed by atoms with Crippen LogP contribution in [0.3, 0.4) is 0 Å². The number of aliphatic hydroxyl groups is 3. The summed E-state index contributed by atoms with van der Waals surface area (Å²) in [6, 6.07) is 5.44. The SMILES string of the molecule is Nc1nc(SCCCC(=O)c2ccc(F)cc2)c2ncn([C@@H]3O[C@H](CO)[C@@H](O)[C@H]3O)c2n1. The van der Waals surface area contributed by atoms with Gasteiger partial charge in [-0.3, -0.25) is 9.36 Å². The number of aliphatic hydroxyl groups excluding tert-OH is 3. The van der Waals surface area contributed by atoms with Crippen LogP contribution < -0.4 is 5.73 Å². The van der Waals surface area contributed by atoms with Gasteiger partial charge in [-0.2, -0.15) is 4.98 Å². The second-order valence-electron chi connectivity index (χ2n) is 7.32. The molecule has 1 aliphatic heterocycles. The van der Waals surface area contributed by atoms with Crippen LogP contribution in [0.25, 0.3) is 11.2 Å². The van der Waals surface area contributed by atoms with Crippen LogP contribution in [0.4, 0.5) is 10.3 Å². The Morgan fingerprint density at radius 2 is 1.97 bits per heavy atom. The van der Waals surface area contributed by atoms with Gasteiger partial charge in [0, 0.05) is 17.7 Å². The monoisotopic (exact) mass is 463 g/mol. The molecule has 1 aromatic carbocycles. The first-order valence-electron chi connectivity index (χ1n) is 9.93. The van der Waals surface area contributed by atoms with E-state index in [-0.39, 0.29) is 17.5 Å². The molecule has 3 heterocycles. The number of carbonyl (C=O) groups is 1. The Labute approximate surface area is 186 Å². The standard InChI is InChI=1S/C20H22FN5O5S/c21-11-5-3-10(4-6-11)12(28)2-1-7-32-18-14-17(24-20(22)25-18)26(9-23-14)19-16(30)15(29)13(8-27)31-19/h3-6,9,13,15-16,19,27,29-30H,1-2,7-8H2,(H2,22,24,25)/t13-,15-,16-,19-/m1/s1. The third kappa shape index (κ3) is 4.45. The summed E-state index contributed by atoms with van der Waals surface area (Å²) in [4.78, 5) is 24.9.